The van der Waals surface area contributed by atoms with Crippen LogP contribution in [0.25, 0.3) is 0 Å². The summed E-state index contributed by atoms with van der Waals surface area (Å²) in [4.78, 5) is 24.6. The van der Waals surface area contributed by atoms with Crippen LogP contribution in [0.15, 0.2) is 0 Å². The second-order valence-electron chi connectivity index (χ2n) is 11.6. The van der Waals surface area contributed by atoms with Gasteiger partial charge >= 0.3 is 11.9 Å². The molecule has 15 nitrogen and oxygen atoms in total. The van der Waals surface area contributed by atoms with Crippen molar-refractivity contribution < 1.29 is 73.8 Å². The van der Waals surface area contributed by atoms with Crippen molar-refractivity contribution in [2.75, 3.05) is 26.4 Å². The van der Waals surface area contributed by atoms with Gasteiger partial charge in [0.25, 0.3) is 0 Å². The number of unbranched alkanes of at least 4 members (excludes halogenated alkanes) is 7. The molecule has 2 rings (SSSR count). The van der Waals surface area contributed by atoms with E-state index in [1.54, 1.807) is 0 Å². The number of hydrogen-bond acceptors (Lipinski definition) is 15. The van der Waals surface area contributed by atoms with Gasteiger partial charge in [-0.2, -0.15) is 0 Å². The van der Waals surface area contributed by atoms with Crippen molar-refractivity contribution in [3.8, 4) is 0 Å². The highest BCUT2D eigenvalue weighted by molar-refractivity contribution is 5.70. The number of ether oxygens (including phenoxy) is 6. The van der Waals surface area contributed by atoms with Gasteiger partial charge in [-0.15, -0.1) is 0 Å². The lowest BCUT2D eigenvalue weighted by molar-refractivity contribution is -0.332. The van der Waals surface area contributed by atoms with E-state index in [1.165, 1.54) is 6.42 Å². The van der Waals surface area contributed by atoms with Crippen LogP contribution in [0.4, 0.5) is 0 Å². The molecule has 0 aromatic rings. The lowest BCUT2D eigenvalue weighted by atomic mass is 9.98. The van der Waals surface area contributed by atoms with Crippen LogP contribution in [-0.2, 0) is 38.0 Å². The van der Waals surface area contributed by atoms with Crippen LogP contribution in [0.5, 0.6) is 0 Å². The average molecular weight is 655 g/mol. The second kappa shape index (κ2) is 21.4. The van der Waals surface area contributed by atoms with E-state index in [1.807, 2.05) is 6.92 Å². The molecule has 0 spiro atoms. The standard InChI is InChI=1S/C30H54O15/c1-3-5-7-8-9-10-11-13-22(33)43-18(15-40-21(32)12-6-4-2)16-41-29-28(39)26(37)24(35)20(45-29)17-42-30-27(38)25(36)23(34)19(14-31)44-30/h18-20,23-31,34-39H,3-17H2,1-2H3. The minimum atomic E-state index is -1.75. The monoisotopic (exact) mass is 654 g/mol. The number of aliphatic hydroxyl groups is 7. The Morgan fingerprint density at radius 2 is 1.16 bits per heavy atom. The van der Waals surface area contributed by atoms with Crippen molar-refractivity contribution in [2.45, 2.75) is 152 Å². The minimum absolute atomic E-state index is 0.166. The Bertz CT molecular complexity index is 829. The van der Waals surface area contributed by atoms with Crippen molar-refractivity contribution in [2.24, 2.45) is 0 Å². The Balaban J connectivity index is 1.95. The Hall–Kier alpha value is -1.50. The fourth-order valence-corrected chi connectivity index (χ4v) is 4.96. The van der Waals surface area contributed by atoms with Gasteiger partial charge in [0.05, 0.1) is 19.8 Å². The van der Waals surface area contributed by atoms with E-state index in [2.05, 4.69) is 6.92 Å². The van der Waals surface area contributed by atoms with Gasteiger partial charge in [0.15, 0.2) is 18.7 Å². The van der Waals surface area contributed by atoms with Crippen LogP contribution in [0.3, 0.4) is 0 Å². The Labute approximate surface area is 264 Å². The largest absolute Gasteiger partial charge is 0.462 e. The quantitative estimate of drug-likeness (QED) is 0.0606. The van der Waals surface area contributed by atoms with Gasteiger partial charge in [-0.1, -0.05) is 58.8 Å². The zero-order chi connectivity index (χ0) is 33.4. The van der Waals surface area contributed by atoms with Crippen molar-refractivity contribution in [3.05, 3.63) is 0 Å². The molecular weight excluding hydrogens is 600 g/mol. The zero-order valence-electron chi connectivity index (χ0n) is 26.4. The summed E-state index contributed by atoms with van der Waals surface area (Å²) in [6, 6.07) is 0. The molecule has 0 aromatic heterocycles. The number of carbonyl (C=O) groups excluding carboxylic acids is 2. The zero-order valence-corrected chi connectivity index (χ0v) is 26.4. The smallest absolute Gasteiger partial charge is 0.306 e. The first-order valence-corrected chi connectivity index (χ1v) is 16.1. The summed E-state index contributed by atoms with van der Waals surface area (Å²) in [6.07, 6.45) is -7.89. The molecule has 11 unspecified atom stereocenters. The van der Waals surface area contributed by atoms with E-state index in [4.69, 9.17) is 28.4 Å². The molecule has 0 radical (unpaired) electrons. The predicted molar refractivity (Wildman–Crippen MR) is 155 cm³/mol. The number of hydrogen-bond donors (Lipinski definition) is 7. The number of aliphatic hydroxyl groups excluding tert-OH is 7. The van der Waals surface area contributed by atoms with E-state index in [9.17, 15) is 45.3 Å². The summed E-state index contributed by atoms with van der Waals surface area (Å²) in [5, 5.41) is 70.9. The molecule has 0 aliphatic carbocycles. The topological polar surface area (TPSA) is 231 Å². The molecule has 7 N–H and O–H groups in total. The van der Waals surface area contributed by atoms with Crippen LogP contribution >= 0.6 is 0 Å². The summed E-state index contributed by atoms with van der Waals surface area (Å²) in [5.41, 5.74) is 0. The fourth-order valence-electron chi connectivity index (χ4n) is 4.96. The number of esters is 2. The summed E-state index contributed by atoms with van der Waals surface area (Å²) in [6.45, 7) is 2.19. The van der Waals surface area contributed by atoms with Crippen LogP contribution in [0.2, 0.25) is 0 Å². The van der Waals surface area contributed by atoms with E-state index >= 15 is 0 Å². The minimum Gasteiger partial charge on any atom is -0.462 e. The Kier molecular flexibility index (Phi) is 18.9. The maximum atomic E-state index is 12.5. The van der Waals surface area contributed by atoms with Gasteiger partial charge in [0.2, 0.25) is 0 Å². The highest BCUT2D eigenvalue weighted by Gasteiger charge is 2.47. The van der Waals surface area contributed by atoms with Crippen LogP contribution in [0, 0.1) is 0 Å². The molecule has 2 fully saturated rings. The average Bonchev–Trinajstić information content (AvgIpc) is 3.03. The number of carbonyl (C=O) groups is 2. The van der Waals surface area contributed by atoms with Crippen LogP contribution in [0.1, 0.15) is 84.5 Å². The normalized spacial score (nSPS) is 32.6. The first kappa shape index (κ1) is 39.7. The molecule has 0 amide bonds. The first-order valence-electron chi connectivity index (χ1n) is 16.1. The second-order valence-corrected chi connectivity index (χ2v) is 11.6. The molecule has 2 aliphatic heterocycles. The van der Waals surface area contributed by atoms with Crippen molar-refractivity contribution in [1.82, 2.24) is 0 Å². The fraction of sp³-hybridized carbons (Fsp3) is 0.933. The van der Waals surface area contributed by atoms with Gasteiger partial charge < -0.3 is 64.2 Å². The molecule has 45 heavy (non-hydrogen) atoms. The molecular formula is C30H54O15. The Morgan fingerprint density at radius 1 is 0.622 bits per heavy atom. The van der Waals surface area contributed by atoms with Gasteiger partial charge in [0.1, 0.15) is 55.4 Å². The van der Waals surface area contributed by atoms with Crippen molar-refractivity contribution in [1.29, 1.82) is 0 Å². The molecule has 11 atom stereocenters. The molecule has 0 bridgehead atoms. The molecule has 0 aromatic carbocycles. The van der Waals surface area contributed by atoms with Crippen molar-refractivity contribution >= 4 is 11.9 Å². The molecule has 2 aliphatic rings. The highest BCUT2D eigenvalue weighted by Crippen LogP contribution is 2.26. The van der Waals surface area contributed by atoms with E-state index < -0.39 is 92.7 Å². The molecule has 2 saturated heterocycles. The van der Waals surface area contributed by atoms with Crippen LogP contribution in [-0.4, -0.2) is 142 Å². The Morgan fingerprint density at radius 3 is 1.78 bits per heavy atom. The maximum absolute atomic E-state index is 12.5. The summed E-state index contributed by atoms with van der Waals surface area (Å²) in [5.74, 6) is -0.976. The first-order chi connectivity index (χ1) is 21.5. The van der Waals surface area contributed by atoms with Gasteiger partial charge in [-0.25, -0.2) is 0 Å². The van der Waals surface area contributed by atoms with Gasteiger partial charge in [-0.3, -0.25) is 9.59 Å². The third-order valence-electron chi connectivity index (χ3n) is 7.84. The number of rotatable bonds is 21. The molecule has 2 heterocycles. The van der Waals surface area contributed by atoms with Gasteiger partial charge in [-0.05, 0) is 12.8 Å². The van der Waals surface area contributed by atoms with Crippen molar-refractivity contribution in [3.63, 3.8) is 0 Å². The molecule has 15 heteroatoms. The third kappa shape index (κ3) is 13.3. The lowest BCUT2D eigenvalue weighted by Gasteiger charge is -2.42. The third-order valence-corrected chi connectivity index (χ3v) is 7.84. The van der Waals surface area contributed by atoms with E-state index in [-0.39, 0.29) is 26.1 Å². The van der Waals surface area contributed by atoms with E-state index in [0.717, 1.165) is 38.5 Å². The predicted octanol–water partition coefficient (Wildman–Crippen LogP) is -0.587. The SMILES string of the molecule is CCCCCCCCCC(=O)OC(COC(=O)CCCC)COC1OC(COC2OC(CO)C(O)C(O)C2O)C(O)C(O)C1O. The maximum Gasteiger partial charge on any atom is 0.306 e. The van der Waals surface area contributed by atoms with Gasteiger partial charge in [0, 0.05) is 12.8 Å². The summed E-state index contributed by atoms with van der Waals surface area (Å²) >= 11 is 0. The van der Waals surface area contributed by atoms with E-state index in [0.29, 0.717) is 12.8 Å². The summed E-state index contributed by atoms with van der Waals surface area (Å²) < 4.78 is 32.7. The molecule has 264 valence electrons. The lowest BCUT2D eigenvalue weighted by Crippen LogP contribution is -2.61. The highest BCUT2D eigenvalue weighted by atomic mass is 16.7. The summed E-state index contributed by atoms with van der Waals surface area (Å²) in [7, 11) is 0. The van der Waals surface area contributed by atoms with Crippen LogP contribution < -0.4 is 0 Å². The molecule has 0 saturated carbocycles.